The Morgan fingerprint density at radius 3 is 2.29 bits per heavy atom. The van der Waals surface area contributed by atoms with Crippen molar-refractivity contribution in [2.75, 3.05) is 13.2 Å². The Kier molecular flexibility index (Phi) is 5.45. The highest BCUT2D eigenvalue weighted by atomic mass is 16.5. The highest BCUT2D eigenvalue weighted by Crippen LogP contribution is 2.16. The van der Waals surface area contributed by atoms with E-state index in [0.717, 1.165) is 5.75 Å². The maximum atomic E-state index is 9.74. The monoisotopic (exact) mass is 238 g/mol. The van der Waals surface area contributed by atoms with E-state index in [2.05, 4.69) is 25.2 Å². The van der Waals surface area contributed by atoms with Crippen LogP contribution in [0.5, 0.6) is 5.75 Å². The Bertz CT molecular complexity index is 330. The molecule has 0 fully saturated rings. The van der Waals surface area contributed by atoms with E-state index in [1.807, 2.05) is 26.0 Å². The van der Waals surface area contributed by atoms with Gasteiger partial charge in [0, 0.05) is 0 Å². The minimum Gasteiger partial charge on any atom is -0.491 e. The van der Waals surface area contributed by atoms with Crippen molar-refractivity contribution in [2.45, 2.75) is 39.8 Å². The number of benzene rings is 1. The molecule has 96 valence electrons. The number of nitrogens with two attached hydrogens (primary N) is 1. The molecule has 0 saturated heterocycles. The van der Waals surface area contributed by atoms with Gasteiger partial charge in [0.15, 0.2) is 0 Å². The summed E-state index contributed by atoms with van der Waals surface area (Å²) in [6, 6.07) is 6.60. The number of quaternary nitrogens is 1. The second-order valence-electron chi connectivity index (χ2n) is 5.00. The van der Waals surface area contributed by atoms with Gasteiger partial charge in [0.1, 0.15) is 25.0 Å². The lowest BCUT2D eigenvalue weighted by molar-refractivity contribution is -0.688. The third kappa shape index (κ3) is 5.71. The summed E-state index contributed by atoms with van der Waals surface area (Å²) < 4.78 is 5.59. The van der Waals surface area contributed by atoms with Crippen LogP contribution in [-0.4, -0.2) is 30.4 Å². The van der Waals surface area contributed by atoms with Crippen molar-refractivity contribution in [1.82, 2.24) is 0 Å². The molecule has 0 bridgehead atoms. The Morgan fingerprint density at radius 2 is 1.76 bits per heavy atom. The fraction of sp³-hybridized carbons (Fsp3) is 0.571. The van der Waals surface area contributed by atoms with E-state index in [1.54, 1.807) is 0 Å². The summed E-state index contributed by atoms with van der Waals surface area (Å²) >= 11 is 0. The number of rotatable bonds is 6. The number of hydrogen-bond acceptors (Lipinski definition) is 2. The van der Waals surface area contributed by atoms with Gasteiger partial charge in [-0.05, 0) is 51.0 Å². The molecule has 0 amide bonds. The standard InChI is InChI=1S/C14H23NO2/c1-10(2)15-8-13(16)9-17-14-6-11(3)5-12(4)7-14/h5-7,10,13,15-16H,8-9H2,1-4H3/p+1/t13-/m1/s1. The van der Waals surface area contributed by atoms with Crippen LogP contribution in [0.2, 0.25) is 0 Å². The van der Waals surface area contributed by atoms with Crippen molar-refractivity contribution >= 4 is 0 Å². The molecule has 0 radical (unpaired) electrons. The first-order valence-electron chi connectivity index (χ1n) is 6.20. The molecule has 3 heteroatoms. The van der Waals surface area contributed by atoms with E-state index in [-0.39, 0.29) is 0 Å². The molecule has 1 aromatic carbocycles. The predicted molar refractivity (Wildman–Crippen MR) is 69.3 cm³/mol. The lowest BCUT2D eigenvalue weighted by Gasteiger charge is -2.13. The van der Waals surface area contributed by atoms with E-state index in [9.17, 15) is 5.11 Å². The van der Waals surface area contributed by atoms with Crippen molar-refractivity contribution in [3.63, 3.8) is 0 Å². The molecule has 1 atom stereocenters. The first-order chi connectivity index (χ1) is 7.97. The number of hydrogen-bond donors (Lipinski definition) is 2. The Morgan fingerprint density at radius 1 is 1.18 bits per heavy atom. The molecule has 0 saturated carbocycles. The summed E-state index contributed by atoms with van der Waals surface area (Å²) in [5.74, 6) is 0.839. The minimum atomic E-state index is -0.418. The molecule has 0 aliphatic carbocycles. The first kappa shape index (κ1) is 14.0. The third-order valence-electron chi connectivity index (χ3n) is 2.52. The van der Waals surface area contributed by atoms with Crippen LogP contribution in [0.3, 0.4) is 0 Å². The molecule has 17 heavy (non-hydrogen) atoms. The van der Waals surface area contributed by atoms with Crippen molar-refractivity contribution in [2.24, 2.45) is 0 Å². The van der Waals surface area contributed by atoms with E-state index < -0.39 is 6.10 Å². The van der Waals surface area contributed by atoms with Gasteiger partial charge in [0.05, 0.1) is 6.04 Å². The van der Waals surface area contributed by atoms with Gasteiger partial charge in [0.25, 0.3) is 0 Å². The highest BCUT2D eigenvalue weighted by molar-refractivity contribution is 5.32. The van der Waals surface area contributed by atoms with Crippen LogP contribution in [0.25, 0.3) is 0 Å². The molecule has 0 unspecified atom stereocenters. The van der Waals surface area contributed by atoms with Crippen LogP contribution in [0.15, 0.2) is 18.2 Å². The summed E-state index contributed by atoms with van der Waals surface area (Å²) in [7, 11) is 0. The maximum absolute atomic E-state index is 9.74. The fourth-order valence-corrected chi connectivity index (χ4v) is 1.71. The van der Waals surface area contributed by atoms with Gasteiger partial charge in [0.2, 0.25) is 0 Å². The molecular weight excluding hydrogens is 214 g/mol. The van der Waals surface area contributed by atoms with E-state index >= 15 is 0 Å². The molecule has 0 spiro atoms. The zero-order valence-corrected chi connectivity index (χ0v) is 11.2. The van der Waals surface area contributed by atoms with Gasteiger partial charge in [-0.2, -0.15) is 0 Å². The summed E-state index contributed by atoms with van der Waals surface area (Å²) in [5, 5.41) is 11.8. The van der Waals surface area contributed by atoms with E-state index in [1.165, 1.54) is 11.1 Å². The molecule has 0 aromatic heterocycles. The summed E-state index contributed by atoms with van der Waals surface area (Å²) in [6.07, 6.45) is -0.418. The third-order valence-corrected chi connectivity index (χ3v) is 2.52. The lowest BCUT2D eigenvalue weighted by Crippen LogP contribution is -2.90. The molecule has 0 aliphatic rings. The van der Waals surface area contributed by atoms with Crippen LogP contribution in [0.1, 0.15) is 25.0 Å². The van der Waals surface area contributed by atoms with Crippen molar-refractivity contribution < 1.29 is 15.2 Å². The molecular formula is C14H24NO2+. The van der Waals surface area contributed by atoms with Crippen molar-refractivity contribution in [1.29, 1.82) is 0 Å². The number of aryl methyl sites for hydroxylation is 2. The van der Waals surface area contributed by atoms with Gasteiger partial charge in [-0.1, -0.05) is 6.07 Å². The average molecular weight is 238 g/mol. The van der Waals surface area contributed by atoms with E-state index in [0.29, 0.717) is 19.2 Å². The van der Waals surface area contributed by atoms with Crippen LogP contribution < -0.4 is 10.1 Å². The van der Waals surface area contributed by atoms with Gasteiger partial charge < -0.3 is 15.2 Å². The number of aliphatic hydroxyl groups is 1. The summed E-state index contributed by atoms with van der Waals surface area (Å²) in [5.41, 5.74) is 2.37. The molecule has 1 aromatic rings. The second kappa shape index (κ2) is 6.62. The second-order valence-corrected chi connectivity index (χ2v) is 5.00. The zero-order chi connectivity index (χ0) is 12.8. The fourth-order valence-electron chi connectivity index (χ4n) is 1.71. The molecule has 0 heterocycles. The lowest BCUT2D eigenvalue weighted by atomic mass is 10.1. The maximum Gasteiger partial charge on any atom is 0.137 e. The quantitative estimate of drug-likeness (QED) is 0.777. The van der Waals surface area contributed by atoms with Crippen LogP contribution in [-0.2, 0) is 0 Å². The van der Waals surface area contributed by atoms with Crippen LogP contribution in [0.4, 0.5) is 0 Å². The molecule has 0 aliphatic heterocycles. The van der Waals surface area contributed by atoms with Crippen LogP contribution >= 0.6 is 0 Å². The van der Waals surface area contributed by atoms with Gasteiger partial charge in [-0.15, -0.1) is 0 Å². The topological polar surface area (TPSA) is 46.1 Å². The van der Waals surface area contributed by atoms with Gasteiger partial charge >= 0.3 is 0 Å². The Balaban J connectivity index is 2.39. The predicted octanol–water partition coefficient (Wildman–Crippen LogP) is 1.01. The Labute approximate surface area is 104 Å². The normalized spacial score (nSPS) is 12.8. The van der Waals surface area contributed by atoms with Gasteiger partial charge in [-0.25, -0.2) is 0 Å². The first-order valence-corrected chi connectivity index (χ1v) is 6.20. The average Bonchev–Trinajstić information content (AvgIpc) is 2.22. The van der Waals surface area contributed by atoms with Crippen LogP contribution in [0, 0.1) is 13.8 Å². The summed E-state index contributed by atoms with van der Waals surface area (Å²) in [6.45, 7) is 9.34. The smallest absolute Gasteiger partial charge is 0.137 e. The molecule has 3 nitrogen and oxygen atoms in total. The molecule has 3 N–H and O–H groups in total. The SMILES string of the molecule is Cc1cc(C)cc(OC[C@H](O)C[NH2+]C(C)C)c1. The minimum absolute atomic E-state index is 0.353. The number of ether oxygens (including phenoxy) is 1. The highest BCUT2D eigenvalue weighted by Gasteiger charge is 2.08. The zero-order valence-electron chi connectivity index (χ0n) is 11.2. The van der Waals surface area contributed by atoms with E-state index in [4.69, 9.17) is 4.74 Å². The van der Waals surface area contributed by atoms with Crippen molar-refractivity contribution in [3.8, 4) is 5.75 Å². The van der Waals surface area contributed by atoms with Gasteiger partial charge in [-0.3, -0.25) is 0 Å². The summed E-state index contributed by atoms with van der Waals surface area (Å²) in [4.78, 5) is 0. The largest absolute Gasteiger partial charge is 0.491 e. The molecule has 1 rings (SSSR count). The van der Waals surface area contributed by atoms with Crippen molar-refractivity contribution in [3.05, 3.63) is 29.3 Å². The number of aliphatic hydroxyl groups excluding tert-OH is 1. The Hall–Kier alpha value is -1.06.